The molecule has 15 unspecified atom stereocenters. The standard InChI is InChI=1S/C78H97Cl2N9O27/c1-6-7-8-9-10-11-12-13-20-110-52(75(106)107)31-83-78(5)30-55(111-34(4)68(78)99)115-67-65(98)64(97)53(32-90)114-77(67)116-66-50-25-38-26-51(66)113-49-19-16-37(24-43(49)80)63(96)61-74(105)87-59(76(108)109)41-27-39(91)28-47(93)56(41)40-22-35(14-17-46(40)92)57(71(102)89-61)86-72(103)58(38)85-70(101)45(29-54(82)94)84-73(104)60(88-69(100)44(81)21-33(2)3)62(95)36-15-18-48(112-50)42(79)23-36/h14-19,22-28,33-34,44-45,52-53,55,57-65,67-68,77,83,90-93,95-99H,6-13,20-21,29-32,81H2,1-5H3,(H2,82,94)(H,84,104)(H,85,101)(H,86,103)(H,87,105)(H,88,100)(H,89,102)(H,106,107)(H,108,109)/t34?,44-,45?,52?,53?,55?,57?,58?,59?,60+,61+,62?,63-,64?,65?,67?,68?,77?,78?/m1/s1. The van der Waals surface area contributed by atoms with Gasteiger partial charge in [0, 0.05) is 47.9 Å². The molecule has 2 fully saturated rings. The minimum atomic E-state index is -2.40. The molecule has 36 nitrogen and oxygen atoms in total. The van der Waals surface area contributed by atoms with Gasteiger partial charge in [0.1, 0.15) is 89.5 Å². The zero-order valence-electron chi connectivity index (χ0n) is 63.7. The molecule has 12 rings (SSSR count). The van der Waals surface area contributed by atoms with Crippen LogP contribution in [-0.2, 0) is 62.1 Å². The number of aliphatic hydroxyl groups excluding tert-OH is 6. The molecule has 11 bridgehead atoms. The smallest absolute Gasteiger partial charge is 0.334 e. The Labute approximate surface area is 674 Å². The summed E-state index contributed by atoms with van der Waals surface area (Å²) >= 11 is 14.2. The maximum absolute atomic E-state index is 16.2. The highest BCUT2D eigenvalue weighted by Crippen LogP contribution is 2.50. The number of nitrogens with one attached hydrogen (secondary N) is 7. The van der Waals surface area contributed by atoms with Crippen molar-refractivity contribution in [2.45, 2.75) is 221 Å². The SMILES string of the molecule is CCCCCCCCCCOC(CNC1(C)CC(OC2C(Oc3c4cc5cc3Oc3ccc(cc3Cl)[C@@H](O)[C@@H]3NC(=O)C(NC(=O)C5NC(=O)C(CC(N)=O)NC(=O)[C@@H](NC(=O)[C@H](N)CC(C)C)C(O)c5ccc(c(Cl)c5)O4)c4ccc(O)c(c4)-c4c(O)cc(O)cc4C(C(=O)O)NC3=O)OC(CO)C(O)C2O)OC(C)C1O)C(=O)O. The Morgan fingerprint density at radius 2 is 1.28 bits per heavy atom. The number of halogens is 2. The predicted octanol–water partition coefficient (Wildman–Crippen LogP) is 3.09. The Morgan fingerprint density at radius 3 is 1.89 bits per heavy atom. The molecular weight excluding hydrogens is 1570 g/mol. The van der Waals surface area contributed by atoms with Crippen LogP contribution >= 0.6 is 23.2 Å². The van der Waals surface area contributed by atoms with Crippen molar-refractivity contribution in [1.82, 2.24) is 37.2 Å². The number of phenolic OH excluding ortho intramolecular Hbond substituents is 3. The summed E-state index contributed by atoms with van der Waals surface area (Å²) in [5.74, 6) is -18.0. The number of aromatic hydroxyl groups is 3. The molecular formula is C78H97Cl2N9O27. The summed E-state index contributed by atoms with van der Waals surface area (Å²) in [7, 11) is 0. The molecule has 0 spiro atoms. The molecule has 5 aromatic carbocycles. The second kappa shape index (κ2) is 38.5. The first kappa shape index (κ1) is 88.6. The molecule has 0 aromatic heterocycles. The van der Waals surface area contributed by atoms with Gasteiger partial charge >= 0.3 is 11.9 Å². The van der Waals surface area contributed by atoms with Gasteiger partial charge in [0.2, 0.25) is 53.4 Å². The number of aliphatic hydroxyl groups is 6. The maximum Gasteiger partial charge on any atom is 0.334 e. The molecule has 0 saturated carbocycles. The third-order valence-electron chi connectivity index (χ3n) is 20.7. The van der Waals surface area contributed by atoms with Crippen molar-refractivity contribution in [3.8, 4) is 57.1 Å². The number of nitrogens with two attached hydrogens (primary N) is 2. The summed E-state index contributed by atoms with van der Waals surface area (Å²) in [6.45, 7) is 7.43. The van der Waals surface area contributed by atoms with E-state index in [1.807, 2.05) is 0 Å². The monoisotopic (exact) mass is 1660 g/mol. The molecule has 116 heavy (non-hydrogen) atoms. The Hall–Kier alpha value is -9.77. The van der Waals surface area contributed by atoms with E-state index in [2.05, 4.69) is 44.1 Å². The van der Waals surface area contributed by atoms with Crippen molar-refractivity contribution in [2.24, 2.45) is 17.4 Å². The van der Waals surface area contributed by atoms with Gasteiger partial charge in [0.05, 0.1) is 41.3 Å². The molecule has 19 atom stereocenters. The van der Waals surface area contributed by atoms with Gasteiger partial charge in [-0.25, -0.2) is 9.59 Å². The molecule has 7 aliphatic heterocycles. The Morgan fingerprint density at radius 1 is 0.681 bits per heavy atom. The van der Waals surface area contributed by atoms with Crippen LogP contribution in [0.2, 0.25) is 10.0 Å². The lowest BCUT2D eigenvalue weighted by molar-refractivity contribution is -0.334. The van der Waals surface area contributed by atoms with Crippen LogP contribution in [0.3, 0.4) is 0 Å². The first-order valence-corrected chi connectivity index (χ1v) is 38.6. The summed E-state index contributed by atoms with van der Waals surface area (Å²) in [4.78, 5) is 130. The fraction of sp³-hybridized carbons (Fsp3) is 0.500. The van der Waals surface area contributed by atoms with E-state index in [0.717, 1.165) is 118 Å². The van der Waals surface area contributed by atoms with Gasteiger partial charge in [0.25, 0.3) is 0 Å². The zero-order valence-corrected chi connectivity index (χ0v) is 65.2. The molecule has 0 radical (unpaired) electrons. The molecule has 38 heteroatoms. The van der Waals surface area contributed by atoms with Gasteiger partial charge in [-0.3, -0.25) is 33.6 Å². The van der Waals surface area contributed by atoms with Gasteiger partial charge in [-0.05, 0) is 109 Å². The number of hydrogen-bond donors (Lipinski definition) is 20. The van der Waals surface area contributed by atoms with Crippen LogP contribution in [-0.4, -0.2) is 214 Å². The third kappa shape index (κ3) is 20.8. The van der Waals surface area contributed by atoms with Crippen molar-refractivity contribution in [3.63, 3.8) is 0 Å². The molecule has 0 aliphatic carbocycles. The average molecular weight is 1660 g/mol. The lowest BCUT2D eigenvalue weighted by Gasteiger charge is -2.48. The number of aliphatic carboxylic acids is 2. The van der Waals surface area contributed by atoms with Crippen LogP contribution in [0.4, 0.5) is 0 Å². The number of primary amides is 1. The number of fused-ring (bicyclic) bond motifs is 15. The Kier molecular flexibility index (Phi) is 29.4. The molecule has 7 aliphatic rings. The summed E-state index contributed by atoms with van der Waals surface area (Å²) in [6, 6.07) is -1.50. The maximum atomic E-state index is 16.2. The number of carboxylic acids is 2. The second-order valence-corrected chi connectivity index (χ2v) is 30.8. The number of unbranched alkanes of at least 4 members (excludes halogenated alkanes) is 7. The number of carboxylic acid groups (broad SMARTS) is 2. The topological polar surface area (TPSA) is 577 Å². The normalized spacial score (nSPS) is 27.4. The number of amides is 7. The van der Waals surface area contributed by atoms with E-state index < -0.39 is 254 Å². The fourth-order valence-electron chi connectivity index (χ4n) is 14.4. The number of phenols is 3. The zero-order chi connectivity index (χ0) is 84.5. The van der Waals surface area contributed by atoms with Crippen LogP contribution in [0.15, 0.2) is 78.9 Å². The first-order valence-electron chi connectivity index (χ1n) is 37.8. The van der Waals surface area contributed by atoms with E-state index in [1.165, 1.54) is 13.0 Å². The van der Waals surface area contributed by atoms with E-state index in [0.29, 0.717) is 6.42 Å². The van der Waals surface area contributed by atoms with Gasteiger partial charge in [-0.1, -0.05) is 107 Å². The van der Waals surface area contributed by atoms with Crippen LogP contribution < -0.4 is 62.9 Å². The van der Waals surface area contributed by atoms with Gasteiger partial charge in [0.15, 0.2) is 36.0 Å². The van der Waals surface area contributed by atoms with E-state index >= 15 is 14.4 Å². The predicted molar refractivity (Wildman–Crippen MR) is 408 cm³/mol. The highest BCUT2D eigenvalue weighted by molar-refractivity contribution is 6.32. The van der Waals surface area contributed by atoms with Gasteiger partial charge in [-0.2, -0.15) is 0 Å². The van der Waals surface area contributed by atoms with Crippen molar-refractivity contribution in [2.75, 3.05) is 19.8 Å². The fourth-order valence-corrected chi connectivity index (χ4v) is 14.9. The van der Waals surface area contributed by atoms with E-state index in [1.54, 1.807) is 20.8 Å². The summed E-state index contributed by atoms with van der Waals surface area (Å²) in [6.07, 6.45) is -13.4. The summed E-state index contributed by atoms with van der Waals surface area (Å²) in [5, 5.41) is 143. The number of rotatable bonds is 26. The highest BCUT2D eigenvalue weighted by atomic mass is 35.5. The minimum Gasteiger partial charge on any atom is -0.508 e. The van der Waals surface area contributed by atoms with E-state index in [9.17, 15) is 84.9 Å². The minimum absolute atomic E-state index is 0.0577. The molecule has 22 N–H and O–H groups in total. The van der Waals surface area contributed by atoms with Crippen molar-refractivity contribution < 1.29 is 132 Å². The third-order valence-corrected chi connectivity index (χ3v) is 21.3. The average Bonchev–Trinajstić information content (AvgIpc) is 0.758. The quantitative estimate of drug-likeness (QED) is 0.0354. The highest BCUT2D eigenvalue weighted by Gasteiger charge is 2.53. The number of carbonyl (C=O) groups excluding carboxylic acids is 7. The first-order chi connectivity index (χ1) is 55.0. The summed E-state index contributed by atoms with van der Waals surface area (Å²) in [5.41, 5.74) is 7.52. The van der Waals surface area contributed by atoms with Crippen LogP contribution in [0.5, 0.6) is 46.0 Å². The van der Waals surface area contributed by atoms with Crippen LogP contribution in [0.25, 0.3) is 11.1 Å². The number of benzene rings is 5. The van der Waals surface area contributed by atoms with E-state index in [4.69, 9.17) is 67.8 Å². The van der Waals surface area contributed by atoms with Gasteiger partial charge in [-0.15, -0.1) is 0 Å². The lowest BCUT2D eigenvalue weighted by atomic mass is 9.84. The number of hydrogen-bond acceptors (Lipinski definition) is 27. The number of ether oxygens (including phenoxy) is 7. The van der Waals surface area contributed by atoms with Crippen molar-refractivity contribution in [3.05, 3.63) is 117 Å². The van der Waals surface area contributed by atoms with Crippen molar-refractivity contribution >= 4 is 76.5 Å². The molecule has 630 valence electrons. The summed E-state index contributed by atoms with van der Waals surface area (Å²) < 4.78 is 44.9. The molecule has 2 saturated heterocycles. The van der Waals surface area contributed by atoms with Crippen molar-refractivity contribution in [1.29, 1.82) is 0 Å². The van der Waals surface area contributed by atoms with Crippen LogP contribution in [0.1, 0.15) is 163 Å². The van der Waals surface area contributed by atoms with Crippen LogP contribution in [0, 0.1) is 5.92 Å². The largest absolute Gasteiger partial charge is 0.508 e. The Balaban J connectivity index is 1.16. The van der Waals surface area contributed by atoms with Gasteiger partial charge < -0.3 is 138 Å². The molecule has 7 heterocycles. The molecule has 5 aromatic rings. The van der Waals surface area contributed by atoms with E-state index in [-0.39, 0.29) is 54.4 Å². The Bertz CT molecular complexity index is 4470. The second-order valence-electron chi connectivity index (χ2n) is 29.9. The molecule has 7 amide bonds. The lowest BCUT2D eigenvalue weighted by Crippen LogP contribution is -2.66. The number of carbonyl (C=O) groups is 9.